The summed E-state index contributed by atoms with van der Waals surface area (Å²) in [5.41, 5.74) is 2.87. The van der Waals surface area contributed by atoms with Crippen LogP contribution in [0.1, 0.15) is 24.5 Å². The number of hydrogen-bond acceptors (Lipinski definition) is 3. The first-order chi connectivity index (χ1) is 14.4. The summed E-state index contributed by atoms with van der Waals surface area (Å²) in [7, 11) is 4.11. The molecular weight excluding hydrogens is 511 g/mol. The number of halogens is 3. The molecule has 0 amide bonds. The number of benzene rings is 2. The number of nitrogens with zero attached hydrogens (tertiary/aromatic N) is 3. The van der Waals surface area contributed by atoms with Gasteiger partial charge in [0.05, 0.1) is 12.2 Å². The topological polar surface area (TPSA) is 42.9 Å². The number of aliphatic imine (C=N–C) groups is 1. The van der Waals surface area contributed by atoms with Crippen LogP contribution in [0.2, 0.25) is 0 Å². The van der Waals surface area contributed by atoms with Crippen molar-refractivity contribution >= 4 is 35.6 Å². The molecule has 2 aromatic rings. The summed E-state index contributed by atoms with van der Waals surface area (Å²) < 4.78 is 27.3. The van der Waals surface area contributed by atoms with Crippen molar-refractivity contribution in [2.45, 2.75) is 32.5 Å². The summed E-state index contributed by atoms with van der Waals surface area (Å²) in [4.78, 5) is 8.82. The van der Waals surface area contributed by atoms with E-state index in [0.717, 1.165) is 37.1 Å². The van der Waals surface area contributed by atoms with E-state index in [-0.39, 0.29) is 30.0 Å². The molecule has 1 unspecified atom stereocenters. The molecule has 0 radical (unpaired) electrons. The minimum Gasteiger partial charge on any atom is -0.367 e. The fourth-order valence-electron chi connectivity index (χ4n) is 3.71. The maximum atomic E-state index is 14.1. The van der Waals surface area contributed by atoms with E-state index in [1.807, 2.05) is 11.8 Å². The van der Waals surface area contributed by atoms with Gasteiger partial charge < -0.3 is 20.4 Å². The Kier molecular flexibility index (Phi) is 9.95. The van der Waals surface area contributed by atoms with Crippen LogP contribution >= 0.6 is 24.0 Å². The number of rotatable bonds is 7. The zero-order valence-corrected chi connectivity index (χ0v) is 20.7. The maximum Gasteiger partial charge on any atom is 0.191 e. The van der Waals surface area contributed by atoms with E-state index in [9.17, 15) is 8.78 Å². The van der Waals surface area contributed by atoms with Gasteiger partial charge in [-0.25, -0.2) is 13.8 Å². The summed E-state index contributed by atoms with van der Waals surface area (Å²) >= 11 is 0. The summed E-state index contributed by atoms with van der Waals surface area (Å²) in [6, 6.07) is 12.3. The minimum atomic E-state index is -0.554. The van der Waals surface area contributed by atoms with Crippen LogP contribution in [0.25, 0.3) is 0 Å². The van der Waals surface area contributed by atoms with Gasteiger partial charge in [0.1, 0.15) is 11.6 Å². The fraction of sp³-hybridized carbons (Fsp3) is 0.435. The van der Waals surface area contributed by atoms with Crippen LogP contribution in [0, 0.1) is 11.6 Å². The van der Waals surface area contributed by atoms with Gasteiger partial charge in [-0.3, -0.25) is 0 Å². The van der Waals surface area contributed by atoms with Crippen molar-refractivity contribution in [3.63, 3.8) is 0 Å². The highest BCUT2D eigenvalue weighted by Gasteiger charge is 2.25. The molecule has 1 aliphatic heterocycles. The Morgan fingerprint density at radius 2 is 1.94 bits per heavy atom. The monoisotopic (exact) mass is 543 g/mol. The predicted octanol–water partition coefficient (Wildman–Crippen LogP) is 3.98. The lowest BCUT2D eigenvalue weighted by molar-refractivity contribution is 0.402. The molecule has 170 valence electrons. The molecular formula is C23H32F2IN5. The Morgan fingerprint density at radius 3 is 2.65 bits per heavy atom. The minimum absolute atomic E-state index is 0. The van der Waals surface area contributed by atoms with Crippen LogP contribution in [-0.2, 0) is 13.1 Å². The first-order valence-corrected chi connectivity index (χ1v) is 10.4. The lowest BCUT2D eigenvalue weighted by Crippen LogP contribution is -2.44. The number of nitrogens with one attached hydrogen (secondary N) is 2. The van der Waals surface area contributed by atoms with Crippen molar-refractivity contribution in [3.05, 3.63) is 65.2 Å². The van der Waals surface area contributed by atoms with E-state index < -0.39 is 11.6 Å². The second kappa shape index (κ2) is 12.2. The molecule has 31 heavy (non-hydrogen) atoms. The number of hydrogen-bond donors (Lipinski definition) is 2. The van der Waals surface area contributed by atoms with Crippen LogP contribution in [0.15, 0.2) is 47.5 Å². The Labute approximate surface area is 200 Å². The summed E-state index contributed by atoms with van der Waals surface area (Å²) in [5.74, 6) is -0.322. The highest BCUT2D eigenvalue weighted by Crippen LogP contribution is 2.24. The normalized spacial score (nSPS) is 16.4. The SMILES string of the molecule is CCNC(=NCc1cccc(CN(C)C)c1)NC1CCN(c2ccc(F)cc2F)C1.I. The molecule has 0 bridgehead atoms. The fourth-order valence-corrected chi connectivity index (χ4v) is 3.71. The van der Waals surface area contributed by atoms with Gasteiger partial charge in [0.2, 0.25) is 0 Å². The molecule has 2 aromatic carbocycles. The summed E-state index contributed by atoms with van der Waals surface area (Å²) in [6.07, 6.45) is 0.861. The second-order valence-electron chi connectivity index (χ2n) is 7.92. The molecule has 8 heteroatoms. The molecule has 3 rings (SSSR count). The molecule has 0 saturated carbocycles. The standard InChI is InChI=1S/C23H31F2N5.HI/c1-4-26-23(27-14-17-6-5-7-18(12-17)15-29(2)3)28-20-10-11-30(16-20)22-9-8-19(24)13-21(22)25;/h5-9,12-13,20H,4,10-11,14-16H2,1-3H3,(H2,26,27,28);1H. The van der Waals surface area contributed by atoms with Gasteiger partial charge in [-0.1, -0.05) is 24.3 Å². The second-order valence-corrected chi connectivity index (χ2v) is 7.92. The molecule has 1 heterocycles. The van der Waals surface area contributed by atoms with Gasteiger partial charge in [-0.15, -0.1) is 24.0 Å². The van der Waals surface area contributed by atoms with E-state index in [2.05, 4.69) is 53.9 Å². The summed E-state index contributed by atoms with van der Waals surface area (Å²) in [6.45, 7) is 5.63. The van der Waals surface area contributed by atoms with Crippen LogP contribution in [0.4, 0.5) is 14.5 Å². The van der Waals surface area contributed by atoms with E-state index in [1.54, 1.807) is 0 Å². The Bertz CT molecular complexity index is 875. The zero-order chi connectivity index (χ0) is 21.5. The van der Waals surface area contributed by atoms with Gasteiger partial charge in [0.25, 0.3) is 0 Å². The van der Waals surface area contributed by atoms with Gasteiger partial charge in [0.15, 0.2) is 5.96 Å². The first-order valence-electron chi connectivity index (χ1n) is 10.4. The molecule has 5 nitrogen and oxygen atoms in total. The quantitative estimate of drug-likeness (QED) is 0.315. The Hall–Kier alpha value is -1.94. The van der Waals surface area contributed by atoms with Crippen molar-refractivity contribution in [2.24, 2.45) is 4.99 Å². The Balaban J connectivity index is 0.00000341. The highest BCUT2D eigenvalue weighted by atomic mass is 127. The molecule has 2 N–H and O–H groups in total. The first kappa shape index (κ1) is 25.3. The van der Waals surface area contributed by atoms with Gasteiger partial charge in [0, 0.05) is 38.3 Å². The lowest BCUT2D eigenvalue weighted by atomic mass is 10.1. The van der Waals surface area contributed by atoms with Gasteiger partial charge in [-0.05, 0) is 50.7 Å². The molecule has 1 fully saturated rings. The average molecular weight is 543 g/mol. The third kappa shape index (κ3) is 7.60. The van der Waals surface area contributed by atoms with E-state index in [4.69, 9.17) is 4.99 Å². The summed E-state index contributed by atoms with van der Waals surface area (Å²) in [5, 5.41) is 6.75. The number of anilines is 1. The van der Waals surface area contributed by atoms with Crippen molar-refractivity contribution in [1.82, 2.24) is 15.5 Å². The number of guanidine groups is 1. The molecule has 1 atom stereocenters. The van der Waals surface area contributed by atoms with Crippen LogP contribution in [0.3, 0.4) is 0 Å². The molecule has 0 aromatic heterocycles. The van der Waals surface area contributed by atoms with Crippen molar-refractivity contribution in [3.8, 4) is 0 Å². The largest absolute Gasteiger partial charge is 0.367 e. The predicted molar refractivity (Wildman–Crippen MR) is 134 cm³/mol. The third-order valence-corrected chi connectivity index (χ3v) is 5.03. The van der Waals surface area contributed by atoms with E-state index in [1.165, 1.54) is 17.7 Å². The molecule has 0 aliphatic carbocycles. The van der Waals surface area contributed by atoms with Crippen LogP contribution in [-0.4, -0.2) is 50.6 Å². The molecule has 1 aliphatic rings. The van der Waals surface area contributed by atoms with Crippen LogP contribution in [0.5, 0.6) is 0 Å². The van der Waals surface area contributed by atoms with Crippen LogP contribution < -0.4 is 15.5 Å². The third-order valence-electron chi connectivity index (χ3n) is 5.03. The highest BCUT2D eigenvalue weighted by molar-refractivity contribution is 14.0. The van der Waals surface area contributed by atoms with E-state index >= 15 is 0 Å². The zero-order valence-electron chi connectivity index (χ0n) is 18.4. The molecule has 0 spiro atoms. The molecule has 1 saturated heterocycles. The smallest absolute Gasteiger partial charge is 0.191 e. The van der Waals surface area contributed by atoms with Gasteiger partial charge in [-0.2, -0.15) is 0 Å². The Morgan fingerprint density at radius 1 is 1.16 bits per heavy atom. The van der Waals surface area contributed by atoms with E-state index in [0.29, 0.717) is 25.3 Å². The van der Waals surface area contributed by atoms with Crippen molar-refractivity contribution in [2.75, 3.05) is 38.6 Å². The van der Waals surface area contributed by atoms with Crippen molar-refractivity contribution in [1.29, 1.82) is 0 Å². The lowest BCUT2D eigenvalue weighted by Gasteiger charge is -2.21. The average Bonchev–Trinajstić information content (AvgIpc) is 3.14. The maximum absolute atomic E-state index is 14.1. The van der Waals surface area contributed by atoms with Gasteiger partial charge >= 0.3 is 0 Å². The van der Waals surface area contributed by atoms with Crippen molar-refractivity contribution < 1.29 is 8.78 Å².